The van der Waals surface area contributed by atoms with Gasteiger partial charge in [-0.15, -0.1) is 0 Å². The van der Waals surface area contributed by atoms with E-state index < -0.39 is 23.0 Å². The van der Waals surface area contributed by atoms with E-state index in [1.54, 1.807) is 64.2 Å². The molecule has 2 amide bonds. The number of carbonyl (C=O) groups is 3. The highest BCUT2D eigenvalue weighted by molar-refractivity contribution is 8.14. The molecule has 0 saturated carbocycles. The van der Waals surface area contributed by atoms with Crippen LogP contribution in [0.1, 0.15) is 27.7 Å². The van der Waals surface area contributed by atoms with Crippen LogP contribution in [-0.2, 0) is 9.47 Å². The molecule has 0 saturated heterocycles. The molecule has 10 heteroatoms. The zero-order valence-corrected chi connectivity index (χ0v) is 16.8. The van der Waals surface area contributed by atoms with Gasteiger partial charge >= 0.3 is 17.4 Å². The Balaban J connectivity index is 2.08. The van der Waals surface area contributed by atoms with E-state index in [1.165, 1.54) is 4.57 Å². The minimum absolute atomic E-state index is 0.165. The average molecular weight is 406 g/mol. The first-order valence-corrected chi connectivity index (χ1v) is 9.30. The first-order valence-electron chi connectivity index (χ1n) is 8.48. The minimum atomic E-state index is -0.821. The number of imide groups is 1. The predicted molar refractivity (Wildman–Crippen MR) is 106 cm³/mol. The quantitative estimate of drug-likeness (QED) is 0.725. The van der Waals surface area contributed by atoms with E-state index in [1.807, 2.05) is 5.32 Å². The number of rotatable bonds is 4. The fourth-order valence-electron chi connectivity index (χ4n) is 2.07. The highest BCUT2D eigenvalue weighted by atomic mass is 32.2. The Morgan fingerprint density at radius 2 is 1.93 bits per heavy atom. The predicted octanol–water partition coefficient (Wildman–Crippen LogP) is 4.26. The minimum Gasteiger partial charge on any atom is -0.450 e. The maximum atomic E-state index is 12.4. The van der Waals surface area contributed by atoms with Crippen LogP contribution in [0, 0.1) is 0 Å². The fourth-order valence-corrected chi connectivity index (χ4v) is 2.51. The summed E-state index contributed by atoms with van der Waals surface area (Å²) in [6.45, 7) is 7.16. The molecule has 2 aromatic heterocycles. The molecule has 0 bridgehead atoms. The number of nitrogens with one attached hydrogen (secondary N) is 2. The summed E-state index contributed by atoms with van der Waals surface area (Å²) in [5.74, 6) is 0.374. The van der Waals surface area contributed by atoms with Gasteiger partial charge in [0, 0.05) is 18.1 Å². The highest BCUT2D eigenvalue weighted by Crippen LogP contribution is 2.22. The third kappa shape index (κ3) is 6.31. The molecule has 2 heterocycles. The van der Waals surface area contributed by atoms with E-state index in [-0.39, 0.29) is 6.61 Å². The second-order valence-electron chi connectivity index (χ2n) is 6.49. The van der Waals surface area contributed by atoms with Gasteiger partial charge in [-0.25, -0.2) is 14.6 Å². The molecule has 28 heavy (non-hydrogen) atoms. The van der Waals surface area contributed by atoms with Crippen LogP contribution < -0.4 is 10.0 Å². The largest absolute Gasteiger partial charge is 0.450 e. The van der Waals surface area contributed by atoms with Crippen molar-refractivity contribution in [3.05, 3.63) is 36.5 Å². The molecule has 0 aromatic carbocycles. The van der Waals surface area contributed by atoms with Gasteiger partial charge in [0.15, 0.2) is 0 Å². The van der Waals surface area contributed by atoms with Gasteiger partial charge in [0.05, 0.1) is 18.0 Å². The number of carbonyl (C=O) groups excluding carboxylic acids is 3. The monoisotopic (exact) mass is 406 g/mol. The van der Waals surface area contributed by atoms with Crippen LogP contribution in [0.4, 0.5) is 20.2 Å². The van der Waals surface area contributed by atoms with Gasteiger partial charge in [0.2, 0.25) is 0 Å². The van der Waals surface area contributed by atoms with E-state index in [0.29, 0.717) is 29.2 Å². The molecule has 2 N–H and O–H groups in total. The summed E-state index contributed by atoms with van der Waals surface area (Å²) < 4.78 is 14.1. The molecule has 9 nitrogen and oxygen atoms in total. The number of nitrogens with zero attached hydrogens (tertiary/aromatic N) is 2. The van der Waals surface area contributed by atoms with E-state index in [0.717, 1.165) is 0 Å². The molecule has 150 valence electrons. The maximum absolute atomic E-state index is 12.4. The molecule has 0 fully saturated rings. The summed E-state index contributed by atoms with van der Waals surface area (Å²) in [5, 5.41) is 1.41. The molecular weight excluding hydrogens is 384 g/mol. The lowest BCUT2D eigenvalue weighted by atomic mass is 10.2. The summed E-state index contributed by atoms with van der Waals surface area (Å²) >= 11 is 0.646. The second kappa shape index (κ2) is 9.27. The molecule has 0 aliphatic carbocycles. The van der Waals surface area contributed by atoms with Crippen LogP contribution in [0.25, 0.3) is 11.4 Å². The average Bonchev–Trinajstić information content (AvgIpc) is 3.09. The van der Waals surface area contributed by atoms with Gasteiger partial charge in [0.1, 0.15) is 11.4 Å². The molecule has 0 radical (unpaired) electrons. The number of amides is 2. The Kier molecular flexibility index (Phi) is 7.05. The van der Waals surface area contributed by atoms with Crippen molar-refractivity contribution in [3.63, 3.8) is 0 Å². The Bertz CT molecular complexity index is 860. The molecular formula is C18H22N4O5S. The van der Waals surface area contributed by atoms with Crippen molar-refractivity contribution < 1.29 is 23.9 Å². The zero-order chi connectivity index (χ0) is 20.7. The molecule has 0 aliphatic heterocycles. The van der Waals surface area contributed by atoms with E-state index in [9.17, 15) is 14.4 Å². The first-order chi connectivity index (χ1) is 13.2. The van der Waals surface area contributed by atoms with Crippen molar-refractivity contribution >= 4 is 35.2 Å². The van der Waals surface area contributed by atoms with Gasteiger partial charge in [0.25, 0.3) is 0 Å². The van der Waals surface area contributed by atoms with E-state index in [2.05, 4.69) is 14.4 Å². The lowest BCUT2D eigenvalue weighted by Gasteiger charge is -2.20. The Morgan fingerprint density at radius 3 is 2.61 bits per heavy atom. The molecule has 0 atom stereocenters. The molecule has 2 aromatic rings. The smallest absolute Gasteiger partial charge is 0.419 e. The van der Waals surface area contributed by atoms with Crippen molar-refractivity contribution in [1.82, 2.24) is 14.9 Å². The molecule has 0 spiro atoms. The van der Waals surface area contributed by atoms with Crippen LogP contribution in [0.3, 0.4) is 0 Å². The van der Waals surface area contributed by atoms with Gasteiger partial charge < -0.3 is 14.2 Å². The van der Waals surface area contributed by atoms with Crippen LogP contribution in [0.2, 0.25) is 0 Å². The first kappa shape index (κ1) is 21.3. The number of ether oxygens (including phenoxy) is 2. The van der Waals surface area contributed by atoms with Gasteiger partial charge in [-0.3, -0.25) is 14.7 Å². The van der Waals surface area contributed by atoms with E-state index in [4.69, 9.17) is 4.74 Å². The normalized spacial score (nSPS) is 10.9. The third-order valence-electron chi connectivity index (χ3n) is 3.08. The van der Waals surface area contributed by atoms with Crippen molar-refractivity contribution in [2.45, 2.75) is 33.3 Å². The summed E-state index contributed by atoms with van der Waals surface area (Å²) in [6, 6.07) is 8.54. The Hall–Kier alpha value is -3.01. The standard InChI is InChI=1S/C18H22N4O5S/c1-5-26-15(23)20-16(24)28-21-14-10-6-8-12(19-14)13-9-7-11-22(13)17(25)27-18(2,3)4/h6-11H,5H2,1-4H3,(H,19,21)(H,20,23,24). The highest BCUT2D eigenvalue weighted by Gasteiger charge is 2.20. The number of aromatic nitrogens is 2. The fraction of sp³-hybridized carbons (Fsp3) is 0.333. The summed E-state index contributed by atoms with van der Waals surface area (Å²) in [6.07, 6.45) is 0.252. The maximum Gasteiger partial charge on any atom is 0.419 e. The van der Waals surface area contributed by atoms with Crippen molar-refractivity contribution in [3.8, 4) is 11.4 Å². The third-order valence-corrected chi connectivity index (χ3v) is 3.68. The number of pyridine rings is 1. The number of hydrogen-bond donors (Lipinski definition) is 2. The molecule has 0 aliphatic rings. The molecule has 2 rings (SSSR count). The van der Waals surface area contributed by atoms with Crippen LogP contribution in [-0.4, -0.2) is 39.2 Å². The SMILES string of the molecule is CCOC(=O)NC(=O)SNc1cccc(-c2cccn2C(=O)OC(C)(C)C)n1. The Morgan fingerprint density at radius 1 is 1.18 bits per heavy atom. The molecule has 0 unspecified atom stereocenters. The van der Waals surface area contributed by atoms with Crippen molar-refractivity contribution in [1.29, 1.82) is 0 Å². The van der Waals surface area contributed by atoms with Crippen LogP contribution >= 0.6 is 11.9 Å². The number of hydrogen-bond acceptors (Lipinski definition) is 8. The topological polar surface area (TPSA) is 112 Å². The van der Waals surface area contributed by atoms with Gasteiger partial charge in [-0.05, 0) is 52.0 Å². The Labute approximate surface area is 166 Å². The van der Waals surface area contributed by atoms with Gasteiger partial charge in [-0.1, -0.05) is 6.07 Å². The summed E-state index contributed by atoms with van der Waals surface area (Å²) in [5.41, 5.74) is 0.421. The lowest BCUT2D eigenvalue weighted by Crippen LogP contribution is -2.28. The summed E-state index contributed by atoms with van der Waals surface area (Å²) in [4.78, 5) is 39.7. The van der Waals surface area contributed by atoms with Crippen molar-refractivity contribution in [2.24, 2.45) is 0 Å². The number of anilines is 1. The van der Waals surface area contributed by atoms with Crippen LogP contribution in [0.5, 0.6) is 0 Å². The van der Waals surface area contributed by atoms with Gasteiger partial charge in [-0.2, -0.15) is 0 Å². The zero-order valence-electron chi connectivity index (χ0n) is 16.0. The number of alkyl carbamates (subject to hydrolysis) is 1. The lowest BCUT2D eigenvalue weighted by molar-refractivity contribution is 0.0540. The second-order valence-corrected chi connectivity index (χ2v) is 7.27. The van der Waals surface area contributed by atoms with Crippen LogP contribution in [0.15, 0.2) is 36.5 Å². The van der Waals surface area contributed by atoms with E-state index >= 15 is 0 Å². The van der Waals surface area contributed by atoms with Crippen molar-refractivity contribution in [2.75, 3.05) is 11.3 Å². The summed E-state index contributed by atoms with van der Waals surface area (Å²) in [7, 11) is 0.